The summed E-state index contributed by atoms with van der Waals surface area (Å²) in [6.45, 7) is 2.50. The zero-order valence-electron chi connectivity index (χ0n) is 21.5. The van der Waals surface area contributed by atoms with Crippen LogP contribution in [0, 0.1) is 0 Å². The zero-order valence-corrected chi connectivity index (χ0v) is 21.5. The van der Waals surface area contributed by atoms with E-state index in [-0.39, 0.29) is 11.8 Å². The molecule has 4 nitrogen and oxygen atoms in total. The second-order valence-electron chi connectivity index (χ2n) is 10.0. The highest BCUT2D eigenvalue weighted by atomic mass is 16.5. The number of ether oxygens (including phenoxy) is 1. The highest BCUT2D eigenvalue weighted by molar-refractivity contribution is 5.87. The van der Waals surface area contributed by atoms with Crippen LogP contribution in [-0.4, -0.2) is 28.5 Å². The van der Waals surface area contributed by atoms with Crippen molar-refractivity contribution < 1.29 is 9.53 Å². The van der Waals surface area contributed by atoms with Gasteiger partial charge in [-0.25, -0.2) is 0 Å². The highest BCUT2D eigenvalue weighted by Crippen LogP contribution is 2.37. The molecule has 4 aromatic carbocycles. The van der Waals surface area contributed by atoms with E-state index in [2.05, 4.69) is 71.4 Å². The third kappa shape index (κ3) is 5.21. The van der Waals surface area contributed by atoms with Crippen LogP contribution in [0.3, 0.4) is 0 Å². The van der Waals surface area contributed by atoms with Gasteiger partial charge in [-0.15, -0.1) is 0 Å². The van der Waals surface area contributed by atoms with E-state index in [1.54, 1.807) is 0 Å². The molecule has 0 bridgehead atoms. The molecule has 0 aliphatic carbocycles. The summed E-state index contributed by atoms with van der Waals surface area (Å²) in [5, 5.41) is 1.19. The monoisotopic (exact) mass is 500 g/mol. The number of aromatic nitrogens is 1. The summed E-state index contributed by atoms with van der Waals surface area (Å²) in [5.74, 6) is 1.72. The second kappa shape index (κ2) is 11.0. The largest absolute Gasteiger partial charge is 0.457 e. The summed E-state index contributed by atoms with van der Waals surface area (Å²) in [5.41, 5.74) is 4.71. The van der Waals surface area contributed by atoms with Crippen LogP contribution < -0.4 is 4.74 Å². The first-order chi connectivity index (χ1) is 18.7. The molecule has 1 amide bonds. The molecule has 0 saturated carbocycles. The number of carbonyl (C=O) groups is 1. The van der Waals surface area contributed by atoms with E-state index in [1.807, 2.05) is 53.4 Å². The van der Waals surface area contributed by atoms with Crippen LogP contribution in [0.1, 0.15) is 41.9 Å². The number of para-hydroxylation sites is 2. The SMILES string of the molecule is O=C(C[C@@H](c1cccc(Oc2ccccc2)c1)c1cn(Cc2ccccc2)c2ccccc12)N1CCCC1. The molecule has 5 aromatic rings. The first-order valence-electron chi connectivity index (χ1n) is 13.5. The van der Waals surface area contributed by atoms with E-state index in [4.69, 9.17) is 4.74 Å². The minimum Gasteiger partial charge on any atom is -0.457 e. The Labute approximate surface area is 224 Å². The van der Waals surface area contributed by atoms with E-state index < -0.39 is 0 Å². The van der Waals surface area contributed by atoms with E-state index in [1.165, 1.54) is 22.0 Å². The van der Waals surface area contributed by atoms with Gasteiger partial charge in [0.25, 0.3) is 0 Å². The molecular weight excluding hydrogens is 468 g/mol. The maximum absolute atomic E-state index is 13.5. The third-order valence-electron chi connectivity index (χ3n) is 7.47. The lowest BCUT2D eigenvalue weighted by Crippen LogP contribution is -2.29. The summed E-state index contributed by atoms with van der Waals surface area (Å²) in [6, 6.07) is 37.1. The predicted octanol–water partition coefficient (Wildman–Crippen LogP) is 7.63. The standard InChI is InChI=1S/C34H32N2O2/c37-34(35-20-9-10-21-35)23-31(27-14-11-17-29(22-27)38-28-15-5-2-6-16-28)32-25-36(24-26-12-3-1-4-13-26)33-19-8-7-18-30(32)33/h1-8,11-19,22,25,31H,9-10,20-21,23-24H2/t31-/m0/s1. The molecule has 1 aliphatic rings. The first kappa shape index (κ1) is 24.1. The molecule has 1 aromatic heterocycles. The molecule has 1 saturated heterocycles. The van der Waals surface area contributed by atoms with Gasteiger partial charge in [0, 0.05) is 49.1 Å². The van der Waals surface area contributed by atoms with Gasteiger partial charge in [0.2, 0.25) is 5.91 Å². The van der Waals surface area contributed by atoms with Gasteiger partial charge >= 0.3 is 0 Å². The van der Waals surface area contributed by atoms with Crippen molar-refractivity contribution in [2.24, 2.45) is 0 Å². The Morgan fingerprint density at radius 3 is 2.24 bits per heavy atom. The fourth-order valence-corrected chi connectivity index (χ4v) is 5.56. The molecule has 38 heavy (non-hydrogen) atoms. The molecular formula is C34H32N2O2. The topological polar surface area (TPSA) is 34.5 Å². The van der Waals surface area contributed by atoms with Gasteiger partial charge in [-0.1, -0.05) is 78.9 Å². The number of likely N-dealkylation sites (tertiary alicyclic amines) is 1. The van der Waals surface area contributed by atoms with Gasteiger partial charge < -0.3 is 14.2 Å². The average Bonchev–Trinajstić information content (AvgIpc) is 3.62. The molecule has 1 atom stereocenters. The predicted molar refractivity (Wildman–Crippen MR) is 153 cm³/mol. The number of benzene rings is 4. The number of rotatable bonds is 8. The average molecular weight is 501 g/mol. The molecule has 2 heterocycles. The maximum atomic E-state index is 13.5. The van der Waals surface area contributed by atoms with Crippen LogP contribution in [0.4, 0.5) is 0 Å². The fourth-order valence-electron chi connectivity index (χ4n) is 5.56. The number of nitrogens with zero attached hydrogens (tertiary/aromatic N) is 2. The first-order valence-corrected chi connectivity index (χ1v) is 13.5. The Bertz CT molecular complexity index is 1520. The number of hydrogen-bond acceptors (Lipinski definition) is 2. The lowest BCUT2D eigenvalue weighted by Gasteiger charge is -2.22. The molecule has 6 rings (SSSR count). The number of carbonyl (C=O) groups excluding carboxylic acids is 1. The summed E-state index contributed by atoms with van der Waals surface area (Å²) >= 11 is 0. The number of fused-ring (bicyclic) bond motifs is 1. The molecule has 0 radical (unpaired) electrons. The van der Waals surface area contributed by atoms with Crippen molar-refractivity contribution in [2.75, 3.05) is 13.1 Å². The maximum Gasteiger partial charge on any atom is 0.223 e. The Morgan fingerprint density at radius 1 is 0.763 bits per heavy atom. The van der Waals surface area contributed by atoms with E-state index in [0.717, 1.165) is 49.5 Å². The van der Waals surface area contributed by atoms with Gasteiger partial charge in [0.1, 0.15) is 11.5 Å². The van der Waals surface area contributed by atoms with Crippen molar-refractivity contribution >= 4 is 16.8 Å². The van der Waals surface area contributed by atoms with Crippen molar-refractivity contribution in [3.63, 3.8) is 0 Å². The normalized spacial score (nSPS) is 14.1. The van der Waals surface area contributed by atoms with Gasteiger partial charge in [-0.05, 0) is 59.9 Å². The van der Waals surface area contributed by atoms with Crippen molar-refractivity contribution in [2.45, 2.75) is 31.7 Å². The van der Waals surface area contributed by atoms with Crippen molar-refractivity contribution in [3.8, 4) is 11.5 Å². The molecule has 190 valence electrons. The Kier molecular flexibility index (Phi) is 6.95. The molecule has 0 spiro atoms. The summed E-state index contributed by atoms with van der Waals surface area (Å²) in [7, 11) is 0. The minimum absolute atomic E-state index is 0.0793. The van der Waals surface area contributed by atoms with Crippen LogP contribution >= 0.6 is 0 Å². The van der Waals surface area contributed by atoms with Gasteiger partial charge in [-0.3, -0.25) is 4.79 Å². The van der Waals surface area contributed by atoms with Crippen molar-refractivity contribution in [1.29, 1.82) is 0 Å². The molecule has 1 aliphatic heterocycles. The second-order valence-corrected chi connectivity index (χ2v) is 10.0. The highest BCUT2D eigenvalue weighted by Gasteiger charge is 2.27. The van der Waals surface area contributed by atoms with Crippen LogP contribution in [0.25, 0.3) is 10.9 Å². The van der Waals surface area contributed by atoms with Crippen LogP contribution in [0.2, 0.25) is 0 Å². The van der Waals surface area contributed by atoms with Crippen molar-refractivity contribution in [3.05, 3.63) is 132 Å². The van der Waals surface area contributed by atoms with Gasteiger partial charge in [0.05, 0.1) is 0 Å². The minimum atomic E-state index is -0.0793. The third-order valence-corrected chi connectivity index (χ3v) is 7.47. The lowest BCUT2D eigenvalue weighted by atomic mass is 9.87. The Balaban J connectivity index is 1.41. The summed E-state index contributed by atoms with van der Waals surface area (Å²) in [4.78, 5) is 15.5. The van der Waals surface area contributed by atoms with E-state index >= 15 is 0 Å². The van der Waals surface area contributed by atoms with Gasteiger partial charge in [-0.2, -0.15) is 0 Å². The zero-order chi connectivity index (χ0) is 25.7. The molecule has 4 heteroatoms. The van der Waals surface area contributed by atoms with Crippen LogP contribution in [-0.2, 0) is 11.3 Å². The van der Waals surface area contributed by atoms with Gasteiger partial charge in [0.15, 0.2) is 0 Å². The Morgan fingerprint density at radius 2 is 1.45 bits per heavy atom. The number of hydrogen-bond donors (Lipinski definition) is 0. The van der Waals surface area contributed by atoms with Crippen LogP contribution in [0.5, 0.6) is 11.5 Å². The van der Waals surface area contributed by atoms with E-state index in [0.29, 0.717) is 6.42 Å². The smallest absolute Gasteiger partial charge is 0.223 e. The molecule has 1 fully saturated rings. The summed E-state index contributed by atoms with van der Waals surface area (Å²) in [6.07, 6.45) is 4.87. The Hall–Kier alpha value is -4.31. The van der Waals surface area contributed by atoms with E-state index in [9.17, 15) is 4.79 Å². The fraction of sp³-hybridized carbons (Fsp3) is 0.206. The quantitative estimate of drug-likeness (QED) is 0.220. The molecule has 0 unspecified atom stereocenters. The lowest BCUT2D eigenvalue weighted by molar-refractivity contribution is -0.130. The van der Waals surface area contributed by atoms with Crippen molar-refractivity contribution in [1.82, 2.24) is 9.47 Å². The van der Waals surface area contributed by atoms with Crippen LogP contribution in [0.15, 0.2) is 115 Å². The molecule has 0 N–H and O–H groups in total. The number of amides is 1. The summed E-state index contributed by atoms with van der Waals surface area (Å²) < 4.78 is 8.50.